The number of halogens is 1. The second-order valence-corrected chi connectivity index (χ2v) is 9.48. The standard InChI is InChI=1S/C22H27FN2O5S/c1-24(14-16-6-11-20(29-2)21(13-16)30-3)22(26)17-5-4-12-25(15-17)31(27,28)19-9-7-18(23)8-10-19/h6-11,13,17H,4-5,12,14-15H2,1-3H3/t17-/m0/s1. The Labute approximate surface area is 182 Å². The molecule has 0 radical (unpaired) electrons. The number of carbonyl (C=O) groups is 1. The van der Waals surface area contributed by atoms with E-state index in [2.05, 4.69) is 0 Å². The van der Waals surface area contributed by atoms with Crippen molar-refractivity contribution in [1.29, 1.82) is 0 Å². The zero-order chi connectivity index (χ0) is 22.6. The van der Waals surface area contributed by atoms with E-state index in [1.54, 1.807) is 32.2 Å². The number of rotatable bonds is 7. The minimum Gasteiger partial charge on any atom is -0.493 e. The molecule has 0 unspecified atom stereocenters. The van der Waals surface area contributed by atoms with E-state index in [0.717, 1.165) is 17.7 Å². The molecular weight excluding hydrogens is 423 g/mol. The molecule has 1 fully saturated rings. The molecule has 9 heteroatoms. The summed E-state index contributed by atoms with van der Waals surface area (Å²) < 4.78 is 50.9. The first-order chi connectivity index (χ1) is 14.8. The molecule has 2 aromatic rings. The smallest absolute Gasteiger partial charge is 0.243 e. The molecule has 7 nitrogen and oxygen atoms in total. The van der Waals surface area contributed by atoms with E-state index in [1.807, 2.05) is 12.1 Å². The highest BCUT2D eigenvalue weighted by atomic mass is 32.2. The van der Waals surface area contributed by atoms with Crippen molar-refractivity contribution in [3.63, 3.8) is 0 Å². The van der Waals surface area contributed by atoms with Gasteiger partial charge >= 0.3 is 0 Å². The molecule has 0 bridgehead atoms. The van der Waals surface area contributed by atoms with Gasteiger partial charge < -0.3 is 14.4 Å². The number of benzene rings is 2. The Balaban J connectivity index is 1.69. The van der Waals surface area contributed by atoms with E-state index in [9.17, 15) is 17.6 Å². The van der Waals surface area contributed by atoms with Crippen LogP contribution in [0.1, 0.15) is 18.4 Å². The number of sulfonamides is 1. The molecule has 0 aliphatic carbocycles. The van der Waals surface area contributed by atoms with Crippen molar-refractivity contribution in [3.8, 4) is 11.5 Å². The maximum atomic E-state index is 13.2. The fourth-order valence-electron chi connectivity index (χ4n) is 3.76. The number of hydrogen-bond donors (Lipinski definition) is 0. The Morgan fingerprint density at radius 3 is 2.45 bits per heavy atom. The third-order valence-electron chi connectivity index (χ3n) is 5.43. The van der Waals surface area contributed by atoms with Crippen LogP contribution in [-0.4, -0.2) is 57.9 Å². The van der Waals surface area contributed by atoms with Gasteiger partial charge in [-0.3, -0.25) is 4.79 Å². The Bertz CT molecular complexity index is 1030. The molecule has 1 aliphatic heterocycles. The topological polar surface area (TPSA) is 76.2 Å². The monoisotopic (exact) mass is 450 g/mol. The fraction of sp³-hybridized carbons (Fsp3) is 0.409. The average molecular weight is 451 g/mol. The third kappa shape index (κ3) is 5.16. The molecule has 1 atom stereocenters. The van der Waals surface area contributed by atoms with Gasteiger partial charge in [0.05, 0.1) is 25.0 Å². The van der Waals surface area contributed by atoms with Crippen LogP contribution >= 0.6 is 0 Å². The minimum absolute atomic E-state index is 0.0284. The molecule has 0 N–H and O–H groups in total. The molecule has 2 aromatic carbocycles. The number of hydrogen-bond acceptors (Lipinski definition) is 5. The first-order valence-electron chi connectivity index (χ1n) is 9.98. The quantitative estimate of drug-likeness (QED) is 0.648. The van der Waals surface area contributed by atoms with Gasteiger partial charge in [-0.05, 0) is 54.8 Å². The molecule has 3 rings (SSSR count). The van der Waals surface area contributed by atoms with E-state index in [0.29, 0.717) is 37.4 Å². The number of carbonyl (C=O) groups excluding carboxylic acids is 1. The Morgan fingerprint density at radius 2 is 1.81 bits per heavy atom. The van der Waals surface area contributed by atoms with Gasteiger partial charge in [-0.2, -0.15) is 4.31 Å². The molecule has 168 valence electrons. The summed E-state index contributed by atoms with van der Waals surface area (Å²) >= 11 is 0. The lowest BCUT2D eigenvalue weighted by Crippen LogP contribution is -2.45. The van der Waals surface area contributed by atoms with Crippen LogP contribution in [0.15, 0.2) is 47.4 Å². The third-order valence-corrected chi connectivity index (χ3v) is 7.31. The highest BCUT2D eigenvalue weighted by Crippen LogP contribution is 2.29. The zero-order valence-corrected chi connectivity index (χ0v) is 18.7. The van der Waals surface area contributed by atoms with Crippen LogP contribution in [-0.2, 0) is 21.4 Å². The second-order valence-electron chi connectivity index (χ2n) is 7.54. The number of amides is 1. The predicted octanol–water partition coefficient (Wildman–Crippen LogP) is 2.90. The largest absolute Gasteiger partial charge is 0.493 e. The van der Waals surface area contributed by atoms with Crippen LogP contribution in [0, 0.1) is 11.7 Å². The zero-order valence-electron chi connectivity index (χ0n) is 17.9. The fourth-order valence-corrected chi connectivity index (χ4v) is 5.28. The number of ether oxygens (including phenoxy) is 2. The van der Waals surface area contributed by atoms with E-state index in [4.69, 9.17) is 9.47 Å². The van der Waals surface area contributed by atoms with Crippen LogP contribution in [0.2, 0.25) is 0 Å². The van der Waals surface area contributed by atoms with Gasteiger partial charge in [0.2, 0.25) is 15.9 Å². The summed E-state index contributed by atoms with van der Waals surface area (Å²) in [4.78, 5) is 14.7. The average Bonchev–Trinajstić information content (AvgIpc) is 2.78. The summed E-state index contributed by atoms with van der Waals surface area (Å²) in [7, 11) is 1.03. The molecule has 1 saturated heterocycles. The number of piperidine rings is 1. The second kappa shape index (κ2) is 9.65. The van der Waals surface area contributed by atoms with Gasteiger partial charge in [-0.15, -0.1) is 0 Å². The van der Waals surface area contributed by atoms with E-state index >= 15 is 0 Å². The molecule has 0 saturated carbocycles. The summed E-state index contributed by atoms with van der Waals surface area (Å²) in [6.07, 6.45) is 1.20. The summed E-state index contributed by atoms with van der Waals surface area (Å²) in [6, 6.07) is 10.2. The number of nitrogens with zero attached hydrogens (tertiary/aromatic N) is 2. The molecule has 1 aliphatic rings. The van der Waals surface area contributed by atoms with Crippen LogP contribution in [0.3, 0.4) is 0 Å². The molecule has 1 amide bonds. The van der Waals surface area contributed by atoms with Crippen molar-refractivity contribution in [1.82, 2.24) is 9.21 Å². The van der Waals surface area contributed by atoms with E-state index < -0.39 is 21.8 Å². The van der Waals surface area contributed by atoms with Gasteiger partial charge in [-0.25, -0.2) is 12.8 Å². The van der Waals surface area contributed by atoms with Crippen molar-refractivity contribution in [3.05, 3.63) is 53.8 Å². The lowest BCUT2D eigenvalue weighted by atomic mass is 9.98. The molecule has 31 heavy (non-hydrogen) atoms. The van der Waals surface area contributed by atoms with Crippen molar-refractivity contribution >= 4 is 15.9 Å². The Morgan fingerprint density at radius 1 is 1.13 bits per heavy atom. The van der Waals surface area contributed by atoms with Gasteiger partial charge in [0.1, 0.15) is 5.82 Å². The lowest BCUT2D eigenvalue weighted by Gasteiger charge is -2.33. The summed E-state index contributed by atoms with van der Waals surface area (Å²) in [5.74, 6) is 0.134. The van der Waals surface area contributed by atoms with Crippen molar-refractivity contribution < 1.29 is 27.1 Å². The normalized spacial score (nSPS) is 17.2. The molecule has 1 heterocycles. The van der Waals surface area contributed by atoms with Crippen molar-refractivity contribution in [2.45, 2.75) is 24.3 Å². The van der Waals surface area contributed by atoms with Crippen LogP contribution in [0.5, 0.6) is 11.5 Å². The maximum absolute atomic E-state index is 13.2. The van der Waals surface area contributed by atoms with Crippen LogP contribution in [0.4, 0.5) is 4.39 Å². The summed E-state index contributed by atoms with van der Waals surface area (Å²) in [5, 5.41) is 0. The van der Waals surface area contributed by atoms with Gasteiger partial charge in [0.25, 0.3) is 0 Å². The van der Waals surface area contributed by atoms with Gasteiger partial charge in [-0.1, -0.05) is 6.07 Å². The first kappa shape index (κ1) is 23.0. The highest BCUT2D eigenvalue weighted by molar-refractivity contribution is 7.89. The summed E-state index contributed by atoms with van der Waals surface area (Å²) in [6.45, 7) is 0.804. The molecule has 0 aromatic heterocycles. The van der Waals surface area contributed by atoms with E-state index in [-0.39, 0.29) is 17.3 Å². The van der Waals surface area contributed by atoms with Crippen LogP contribution in [0.25, 0.3) is 0 Å². The first-order valence-corrected chi connectivity index (χ1v) is 11.4. The highest BCUT2D eigenvalue weighted by Gasteiger charge is 2.34. The maximum Gasteiger partial charge on any atom is 0.243 e. The molecule has 0 spiro atoms. The Kier molecular flexibility index (Phi) is 7.17. The van der Waals surface area contributed by atoms with Crippen LogP contribution < -0.4 is 9.47 Å². The Hall–Kier alpha value is -2.65. The predicted molar refractivity (Wildman–Crippen MR) is 114 cm³/mol. The van der Waals surface area contributed by atoms with Crippen molar-refractivity contribution in [2.75, 3.05) is 34.4 Å². The SMILES string of the molecule is COc1ccc(CN(C)C(=O)[C@H]2CCCN(S(=O)(=O)c3ccc(F)cc3)C2)cc1OC. The lowest BCUT2D eigenvalue weighted by molar-refractivity contribution is -0.135. The summed E-state index contributed by atoms with van der Waals surface area (Å²) in [5.41, 5.74) is 0.875. The van der Waals surface area contributed by atoms with Gasteiger partial charge in [0, 0.05) is 26.7 Å². The molecular formula is C22H27FN2O5S. The van der Waals surface area contributed by atoms with Crippen molar-refractivity contribution in [2.24, 2.45) is 5.92 Å². The van der Waals surface area contributed by atoms with E-state index in [1.165, 1.54) is 16.4 Å². The minimum atomic E-state index is -3.78. The van der Waals surface area contributed by atoms with Gasteiger partial charge in [0.15, 0.2) is 11.5 Å². The number of methoxy groups -OCH3 is 2.